The minimum absolute atomic E-state index is 0.530. The molecule has 3 nitrogen and oxygen atoms in total. The highest BCUT2D eigenvalue weighted by Crippen LogP contribution is 2.55. The van der Waals surface area contributed by atoms with Gasteiger partial charge in [-0.15, -0.1) is 0 Å². The standard InChI is InChI=1S/C20H35N3/c1-3-9-21-18(8-1)20-13-16(12-15-6-5-10-22-19(15)20)17-7-2-4-11-23(17)14-20/h15-19,21-22H,1-14H2/t15-,16-,17+,18-,19+,20-/m0/s1. The molecule has 0 spiro atoms. The summed E-state index contributed by atoms with van der Waals surface area (Å²) in [5, 5.41) is 8.04. The number of nitrogens with zero attached hydrogens (tertiary/aromatic N) is 1. The van der Waals surface area contributed by atoms with Gasteiger partial charge in [-0.2, -0.15) is 0 Å². The number of nitrogens with one attached hydrogen (secondary N) is 2. The summed E-state index contributed by atoms with van der Waals surface area (Å²) in [4.78, 5) is 2.94. The van der Waals surface area contributed by atoms with Crippen molar-refractivity contribution in [2.45, 2.75) is 82.3 Å². The molecule has 3 heteroatoms. The maximum atomic E-state index is 4.04. The van der Waals surface area contributed by atoms with E-state index in [1.54, 1.807) is 0 Å². The second-order valence-corrected chi connectivity index (χ2v) is 9.30. The van der Waals surface area contributed by atoms with Crippen molar-refractivity contribution < 1.29 is 0 Å². The first-order valence-electron chi connectivity index (χ1n) is 10.6. The predicted octanol–water partition coefficient (Wildman–Crippen LogP) is 2.76. The van der Waals surface area contributed by atoms with Gasteiger partial charge in [-0.3, -0.25) is 4.90 Å². The predicted molar refractivity (Wildman–Crippen MR) is 94.5 cm³/mol. The second kappa shape index (κ2) is 6.00. The molecule has 5 rings (SSSR count). The summed E-state index contributed by atoms with van der Waals surface area (Å²) >= 11 is 0. The van der Waals surface area contributed by atoms with Crippen molar-refractivity contribution in [2.75, 3.05) is 26.2 Å². The average molecular weight is 318 g/mol. The van der Waals surface area contributed by atoms with Crippen LogP contribution < -0.4 is 10.6 Å². The largest absolute Gasteiger partial charge is 0.313 e. The molecule has 23 heavy (non-hydrogen) atoms. The summed E-state index contributed by atoms with van der Waals surface area (Å²) in [6.07, 6.45) is 14.6. The van der Waals surface area contributed by atoms with Crippen LogP contribution in [0.4, 0.5) is 0 Å². The Hall–Kier alpha value is -0.120. The van der Waals surface area contributed by atoms with Crippen LogP contribution in [0.3, 0.4) is 0 Å². The van der Waals surface area contributed by atoms with Gasteiger partial charge in [-0.1, -0.05) is 12.8 Å². The van der Waals surface area contributed by atoms with Gasteiger partial charge < -0.3 is 10.6 Å². The Morgan fingerprint density at radius 1 is 0.826 bits per heavy atom. The fourth-order valence-electron chi connectivity index (χ4n) is 7.36. The Bertz CT molecular complexity index is 431. The lowest BCUT2D eigenvalue weighted by Gasteiger charge is -2.64. The minimum Gasteiger partial charge on any atom is -0.313 e. The Labute approximate surface area is 142 Å². The molecule has 0 unspecified atom stereocenters. The van der Waals surface area contributed by atoms with Crippen molar-refractivity contribution in [1.29, 1.82) is 0 Å². The van der Waals surface area contributed by atoms with Crippen LogP contribution in [0.2, 0.25) is 0 Å². The van der Waals surface area contributed by atoms with Crippen LogP contribution >= 0.6 is 0 Å². The number of hydrogen-bond acceptors (Lipinski definition) is 3. The molecule has 0 amide bonds. The lowest BCUT2D eigenvalue weighted by molar-refractivity contribution is -0.117. The molecule has 6 atom stereocenters. The van der Waals surface area contributed by atoms with Crippen LogP contribution in [-0.2, 0) is 0 Å². The molecule has 2 bridgehead atoms. The molecule has 4 heterocycles. The summed E-state index contributed by atoms with van der Waals surface area (Å²) in [5.74, 6) is 1.96. The molecule has 0 aromatic carbocycles. The highest BCUT2D eigenvalue weighted by molar-refractivity contribution is 5.14. The van der Waals surface area contributed by atoms with Crippen molar-refractivity contribution in [1.82, 2.24) is 15.5 Å². The third-order valence-electron chi connectivity index (χ3n) is 8.16. The summed E-state index contributed by atoms with van der Waals surface area (Å²) in [6.45, 7) is 5.30. The van der Waals surface area contributed by atoms with Crippen molar-refractivity contribution in [3.8, 4) is 0 Å². The molecule has 0 radical (unpaired) electrons. The fraction of sp³-hybridized carbons (Fsp3) is 1.00. The molecule has 5 fully saturated rings. The van der Waals surface area contributed by atoms with E-state index >= 15 is 0 Å². The summed E-state index contributed by atoms with van der Waals surface area (Å²) < 4.78 is 0. The highest BCUT2D eigenvalue weighted by Gasteiger charge is 2.58. The zero-order valence-corrected chi connectivity index (χ0v) is 14.7. The van der Waals surface area contributed by atoms with Gasteiger partial charge in [0.2, 0.25) is 0 Å². The third kappa shape index (κ3) is 2.41. The van der Waals surface area contributed by atoms with Crippen molar-refractivity contribution in [3.63, 3.8) is 0 Å². The number of piperidine rings is 4. The van der Waals surface area contributed by atoms with Crippen LogP contribution in [0, 0.1) is 17.3 Å². The van der Waals surface area contributed by atoms with E-state index in [0.29, 0.717) is 5.41 Å². The monoisotopic (exact) mass is 317 g/mol. The molecule has 130 valence electrons. The lowest BCUT2D eigenvalue weighted by Crippen LogP contribution is -2.72. The van der Waals surface area contributed by atoms with Crippen molar-refractivity contribution in [2.24, 2.45) is 17.3 Å². The minimum atomic E-state index is 0.530. The van der Waals surface area contributed by atoms with E-state index in [9.17, 15) is 0 Å². The van der Waals surface area contributed by atoms with Gasteiger partial charge in [0.25, 0.3) is 0 Å². The first-order valence-corrected chi connectivity index (χ1v) is 10.6. The van der Waals surface area contributed by atoms with Crippen LogP contribution in [0.25, 0.3) is 0 Å². The topological polar surface area (TPSA) is 27.3 Å². The number of fused-ring (bicyclic) bond motifs is 6. The van der Waals surface area contributed by atoms with Crippen LogP contribution in [-0.4, -0.2) is 49.2 Å². The smallest absolute Gasteiger partial charge is 0.0179 e. The second-order valence-electron chi connectivity index (χ2n) is 9.30. The molecule has 0 aromatic rings. The first-order chi connectivity index (χ1) is 11.4. The molecule has 5 aliphatic rings. The van der Waals surface area contributed by atoms with E-state index in [0.717, 1.165) is 30.0 Å². The molecule has 2 N–H and O–H groups in total. The van der Waals surface area contributed by atoms with E-state index in [1.165, 1.54) is 90.4 Å². The van der Waals surface area contributed by atoms with Gasteiger partial charge in [0.1, 0.15) is 0 Å². The normalized spacial score (nSPS) is 50.9. The van der Waals surface area contributed by atoms with Gasteiger partial charge >= 0.3 is 0 Å². The van der Waals surface area contributed by atoms with E-state index in [1.807, 2.05) is 0 Å². The van der Waals surface area contributed by atoms with E-state index < -0.39 is 0 Å². The Kier molecular flexibility index (Phi) is 3.95. The maximum Gasteiger partial charge on any atom is 0.0179 e. The van der Waals surface area contributed by atoms with Gasteiger partial charge in [-0.25, -0.2) is 0 Å². The summed E-state index contributed by atoms with van der Waals surface area (Å²) in [5.41, 5.74) is 0.530. The summed E-state index contributed by atoms with van der Waals surface area (Å²) in [7, 11) is 0. The van der Waals surface area contributed by atoms with Gasteiger partial charge in [0.05, 0.1) is 0 Å². The lowest BCUT2D eigenvalue weighted by atomic mass is 9.52. The summed E-state index contributed by atoms with van der Waals surface area (Å²) in [6, 6.07) is 2.51. The molecular formula is C20H35N3. The van der Waals surface area contributed by atoms with Gasteiger partial charge in [0, 0.05) is 30.1 Å². The molecule has 1 saturated carbocycles. The van der Waals surface area contributed by atoms with E-state index in [4.69, 9.17) is 0 Å². The van der Waals surface area contributed by atoms with Crippen LogP contribution in [0.15, 0.2) is 0 Å². The average Bonchev–Trinajstić information content (AvgIpc) is 2.63. The third-order valence-corrected chi connectivity index (χ3v) is 8.16. The molecule has 4 saturated heterocycles. The van der Waals surface area contributed by atoms with Gasteiger partial charge in [-0.05, 0) is 82.8 Å². The number of rotatable bonds is 1. The molecule has 4 aliphatic heterocycles. The Balaban J connectivity index is 1.50. The van der Waals surface area contributed by atoms with Gasteiger partial charge in [0.15, 0.2) is 0 Å². The molecule has 0 aromatic heterocycles. The quantitative estimate of drug-likeness (QED) is 0.779. The van der Waals surface area contributed by atoms with Crippen molar-refractivity contribution >= 4 is 0 Å². The fourth-order valence-corrected chi connectivity index (χ4v) is 7.36. The zero-order valence-electron chi connectivity index (χ0n) is 14.7. The molecular weight excluding hydrogens is 282 g/mol. The van der Waals surface area contributed by atoms with E-state index in [-0.39, 0.29) is 0 Å². The van der Waals surface area contributed by atoms with Crippen LogP contribution in [0.1, 0.15) is 64.2 Å². The Morgan fingerprint density at radius 2 is 1.74 bits per heavy atom. The molecule has 1 aliphatic carbocycles. The Morgan fingerprint density at radius 3 is 2.65 bits per heavy atom. The first kappa shape index (κ1) is 15.2. The zero-order chi connectivity index (χ0) is 15.3. The SMILES string of the molecule is C1CC[C@@H]([C@@]23C[C@H](C[C@@H]4CCCN[C@H]42)[C@H]2CCCCN2C3)NC1. The highest BCUT2D eigenvalue weighted by atomic mass is 15.2. The van der Waals surface area contributed by atoms with Crippen molar-refractivity contribution in [3.05, 3.63) is 0 Å². The number of hydrogen-bond donors (Lipinski definition) is 2. The van der Waals surface area contributed by atoms with E-state index in [2.05, 4.69) is 15.5 Å². The maximum absolute atomic E-state index is 4.04. The van der Waals surface area contributed by atoms with Crippen LogP contribution in [0.5, 0.6) is 0 Å².